The summed E-state index contributed by atoms with van der Waals surface area (Å²) in [7, 11) is 0. The fourth-order valence-electron chi connectivity index (χ4n) is 1.92. The average molecular weight is 219 g/mol. The molecule has 1 aromatic rings. The summed E-state index contributed by atoms with van der Waals surface area (Å²) in [5.41, 5.74) is 0.218. The first kappa shape index (κ1) is 11.0. The summed E-state index contributed by atoms with van der Waals surface area (Å²) < 4.78 is 5.28. The highest BCUT2D eigenvalue weighted by molar-refractivity contribution is 5.71. The molecule has 3 nitrogen and oxygen atoms in total. The summed E-state index contributed by atoms with van der Waals surface area (Å²) in [6.45, 7) is 5.91. The van der Waals surface area contributed by atoms with E-state index in [1.165, 1.54) is 0 Å². The molecule has 0 N–H and O–H groups in total. The van der Waals surface area contributed by atoms with Crippen LogP contribution in [-0.2, 0) is 0 Å². The lowest BCUT2D eigenvalue weighted by atomic mass is 9.93. The summed E-state index contributed by atoms with van der Waals surface area (Å²) in [6.07, 6.45) is 0.799. The van der Waals surface area contributed by atoms with Gasteiger partial charge in [-0.1, -0.05) is 32.0 Å². The van der Waals surface area contributed by atoms with Crippen LogP contribution < -0.4 is 4.74 Å². The van der Waals surface area contributed by atoms with Crippen molar-refractivity contribution in [3.8, 4) is 5.75 Å². The Labute approximate surface area is 96.0 Å². The molecule has 0 aromatic heterocycles. The Bertz CT molecular complexity index is 373. The van der Waals surface area contributed by atoms with E-state index < -0.39 is 0 Å². The number of carbonyl (C=O) groups is 1. The molecule has 0 radical (unpaired) electrons. The molecule has 1 fully saturated rings. The van der Waals surface area contributed by atoms with Gasteiger partial charge in [0.2, 0.25) is 0 Å². The third-order valence-corrected chi connectivity index (χ3v) is 2.88. The van der Waals surface area contributed by atoms with Crippen LogP contribution in [0.15, 0.2) is 30.3 Å². The lowest BCUT2D eigenvalue weighted by molar-refractivity contribution is 0.158. The Balaban J connectivity index is 1.95. The second-order valence-corrected chi connectivity index (χ2v) is 5.02. The van der Waals surface area contributed by atoms with E-state index in [1.807, 2.05) is 18.2 Å². The molecule has 0 unspecified atom stereocenters. The number of ether oxygens (including phenoxy) is 1. The predicted octanol–water partition coefficient (Wildman–Crippen LogP) is 2.92. The molecular weight excluding hydrogens is 202 g/mol. The van der Waals surface area contributed by atoms with Crippen LogP contribution >= 0.6 is 0 Å². The van der Waals surface area contributed by atoms with Crippen LogP contribution in [0, 0.1) is 5.41 Å². The molecule has 0 atom stereocenters. The standard InChI is InChI=1S/C13H17NO2/c1-13(2)8-9-14(10-13)12(15)16-11-6-4-3-5-7-11/h3-7H,8-10H2,1-2H3. The molecule has 86 valence electrons. The Kier molecular flexibility index (Phi) is 2.86. The van der Waals surface area contributed by atoms with Crippen LogP contribution in [0.3, 0.4) is 0 Å². The maximum absolute atomic E-state index is 11.8. The van der Waals surface area contributed by atoms with Gasteiger partial charge in [0, 0.05) is 13.1 Å². The second kappa shape index (κ2) is 4.16. The smallest absolute Gasteiger partial charge is 0.410 e. The fraction of sp³-hybridized carbons (Fsp3) is 0.462. The average Bonchev–Trinajstić information content (AvgIpc) is 2.60. The molecule has 1 aromatic carbocycles. The molecule has 0 spiro atoms. The second-order valence-electron chi connectivity index (χ2n) is 5.02. The van der Waals surface area contributed by atoms with Crippen LogP contribution in [0.2, 0.25) is 0 Å². The van der Waals surface area contributed by atoms with E-state index in [9.17, 15) is 4.79 Å². The van der Waals surface area contributed by atoms with Gasteiger partial charge >= 0.3 is 6.09 Å². The third kappa shape index (κ3) is 2.54. The lowest BCUT2D eigenvalue weighted by Crippen LogP contribution is -2.32. The zero-order chi connectivity index (χ0) is 11.6. The minimum atomic E-state index is -0.239. The minimum absolute atomic E-state index is 0.218. The SMILES string of the molecule is CC1(C)CCN(C(=O)Oc2ccccc2)C1. The fourth-order valence-corrected chi connectivity index (χ4v) is 1.92. The normalized spacial score (nSPS) is 18.5. The molecule has 3 heteroatoms. The Hall–Kier alpha value is -1.51. The first-order valence-electron chi connectivity index (χ1n) is 5.59. The zero-order valence-corrected chi connectivity index (χ0v) is 9.77. The van der Waals surface area contributed by atoms with Crippen molar-refractivity contribution < 1.29 is 9.53 Å². The number of nitrogens with zero attached hydrogens (tertiary/aromatic N) is 1. The van der Waals surface area contributed by atoms with Crippen molar-refractivity contribution in [2.24, 2.45) is 5.41 Å². The highest BCUT2D eigenvalue weighted by Crippen LogP contribution is 2.29. The van der Waals surface area contributed by atoms with Crippen molar-refractivity contribution in [2.45, 2.75) is 20.3 Å². The molecule has 1 amide bonds. The minimum Gasteiger partial charge on any atom is -0.410 e. The van der Waals surface area contributed by atoms with Gasteiger partial charge in [0.1, 0.15) is 5.75 Å². The van der Waals surface area contributed by atoms with Gasteiger partial charge < -0.3 is 9.64 Å². The van der Waals surface area contributed by atoms with Crippen molar-refractivity contribution in [1.29, 1.82) is 0 Å². The summed E-state index contributed by atoms with van der Waals surface area (Å²) in [4.78, 5) is 13.6. The van der Waals surface area contributed by atoms with Gasteiger partial charge in [-0.05, 0) is 24.0 Å². The third-order valence-electron chi connectivity index (χ3n) is 2.88. The van der Waals surface area contributed by atoms with Gasteiger partial charge in [0.15, 0.2) is 0 Å². The van der Waals surface area contributed by atoms with Crippen molar-refractivity contribution >= 4 is 6.09 Å². The van der Waals surface area contributed by atoms with Gasteiger partial charge in [-0.3, -0.25) is 0 Å². The van der Waals surface area contributed by atoms with Crippen LogP contribution in [0.4, 0.5) is 4.79 Å². The highest BCUT2D eigenvalue weighted by atomic mass is 16.6. The molecule has 1 heterocycles. The van der Waals surface area contributed by atoms with E-state index in [1.54, 1.807) is 17.0 Å². The number of rotatable bonds is 1. The monoisotopic (exact) mass is 219 g/mol. The van der Waals surface area contributed by atoms with E-state index in [0.29, 0.717) is 5.75 Å². The topological polar surface area (TPSA) is 29.5 Å². The first-order chi connectivity index (χ1) is 7.57. The van der Waals surface area contributed by atoms with E-state index >= 15 is 0 Å². The molecule has 0 saturated carbocycles. The van der Waals surface area contributed by atoms with Crippen LogP contribution in [-0.4, -0.2) is 24.1 Å². The number of hydrogen-bond acceptors (Lipinski definition) is 2. The Morgan fingerprint density at radius 1 is 1.31 bits per heavy atom. The summed E-state index contributed by atoms with van der Waals surface area (Å²) >= 11 is 0. The van der Waals surface area contributed by atoms with Crippen LogP contribution in [0.25, 0.3) is 0 Å². The number of likely N-dealkylation sites (tertiary alicyclic amines) is 1. The van der Waals surface area contributed by atoms with Crippen LogP contribution in [0.1, 0.15) is 20.3 Å². The van der Waals surface area contributed by atoms with Gasteiger partial charge in [-0.15, -0.1) is 0 Å². The molecule has 1 saturated heterocycles. The number of carbonyl (C=O) groups excluding carboxylic acids is 1. The number of para-hydroxylation sites is 1. The molecule has 2 rings (SSSR count). The van der Waals surface area contributed by atoms with Gasteiger partial charge in [-0.2, -0.15) is 0 Å². The zero-order valence-electron chi connectivity index (χ0n) is 9.77. The molecule has 0 bridgehead atoms. The van der Waals surface area contributed by atoms with E-state index in [2.05, 4.69) is 13.8 Å². The number of benzene rings is 1. The van der Waals surface area contributed by atoms with Gasteiger partial charge in [0.25, 0.3) is 0 Å². The first-order valence-corrected chi connectivity index (χ1v) is 5.59. The molecule has 1 aliphatic rings. The van der Waals surface area contributed by atoms with Gasteiger partial charge in [-0.25, -0.2) is 4.79 Å². The largest absolute Gasteiger partial charge is 0.415 e. The van der Waals surface area contributed by atoms with E-state index in [-0.39, 0.29) is 11.5 Å². The van der Waals surface area contributed by atoms with Crippen LogP contribution in [0.5, 0.6) is 5.75 Å². The molecular formula is C13H17NO2. The Morgan fingerprint density at radius 3 is 2.56 bits per heavy atom. The Morgan fingerprint density at radius 2 is 2.00 bits per heavy atom. The van der Waals surface area contributed by atoms with Crippen molar-refractivity contribution in [3.05, 3.63) is 30.3 Å². The predicted molar refractivity (Wildman–Crippen MR) is 62.4 cm³/mol. The van der Waals surface area contributed by atoms with Gasteiger partial charge in [0.05, 0.1) is 0 Å². The van der Waals surface area contributed by atoms with Crippen molar-refractivity contribution in [1.82, 2.24) is 4.90 Å². The highest BCUT2D eigenvalue weighted by Gasteiger charge is 2.32. The summed E-state index contributed by atoms with van der Waals surface area (Å²) in [5.74, 6) is 0.609. The summed E-state index contributed by atoms with van der Waals surface area (Å²) in [6, 6.07) is 9.20. The molecule has 16 heavy (non-hydrogen) atoms. The maximum atomic E-state index is 11.8. The van der Waals surface area contributed by atoms with E-state index in [4.69, 9.17) is 4.74 Å². The molecule has 0 aliphatic carbocycles. The summed E-state index contributed by atoms with van der Waals surface area (Å²) in [5, 5.41) is 0. The van der Waals surface area contributed by atoms with E-state index in [0.717, 1.165) is 19.5 Å². The number of hydrogen-bond donors (Lipinski definition) is 0. The number of amides is 1. The molecule has 1 aliphatic heterocycles. The van der Waals surface area contributed by atoms with Crippen molar-refractivity contribution in [3.63, 3.8) is 0 Å². The maximum Gasteiger partial charge on any atom is 0.415 e. The lowest BCUT2D eigenvalue weighted by Gasteiger charge is -2.19. The quantitative estimate of drug-likeness (QED) is 0.726. The van der Waals surface area contributed by atoms with Crippen molar-refractivity contribution in [2.75, 3.05) is 13.1 Å².